The van der Waals surface area contributed by atoms with Crippen molar-refractivity contribution in [3.63, 3.8) is 0 Å². The molecule has 0 aliphatic heterocycles. The zero-order valence-electron chi connectivity index (χ0n) is 23.3. The van der Waals surface area contributed by atoms with Crippen molar-refractivity contribution >= 4 is 39.1 Å². The van der Waals surface area contributed by atoms with Crippen molar-refractivity contribution in [2.45, 2.75) is 64.1 Å². The number of halogens is 2. The summed E-state index contributed by atoms with van der Waals surface area (Å²) < 4.78 is 43.4. The van der Waals surface area contributed by atoms with E-state index in [1.165, 1.54) is 35.2 Å². The summed E-state index contributed by atoms with van der Waals surface area (Å²) in [6.07, 6.45) is 0.269. The van der Waals surface area contributed by atoms with E-state index in [0.29, 0.717) is 10.6 Å². The average Bonchev–Trinajstić information content (AvgIpc) is 2.88. The fourth-order valence-electron chi connectivity index (χ4n) is 4.16. The first-order valence-electron chi connectivity index (χ1n) is 12.9. The molecule has 3 aromatic carbocycles. The molecule has 0 spiro atoms. The molecule has 2 amide bonds. The Bertz CT molecular complexity index is 1440. The molecule has 3 aromatic rings. The van der Waals surface area contributed by atoms with Crippen molar-refractivity contribution < 1.29 is 22.4 Å². The molecule has 40 heavy (non-hydrogen) atoms. The van der Waals surface area contributed by atoms with Crippen molar-refractivity contribution in [3.05, 3.63) is 94.8 Å². The topological polar surface area (TPSA) is 86.8 Å². The maximum Gasteiger partial charge on any atom is 0.264 e. The highest BCUT2D eigenvalue weighted by molar-refractivity contribution is 7.92. The number of para-hydroxylation sites is 1. The first-order valence-corrected chi connectivity index (χ1v) is 14.7. The van der Waals surface area contributed by atoms with E-state index in [1.54, 1.807) is 43.3 Å². The molecule has 0 heterocycles. The lowest BCUT2D eigenvalue weighted by Crippen LogP contribution is -2.55. The summed E-state index contributed by atoms with van der Waals surface area (Å²) in [5, 5.41) is 3.42. The minimum Gasteiger partial charge on any atom is -0.350 e. The quantitative estimate of drug-likeness (QED) is 0.329. The first-order chi connectivity index (χ1) is 18.7. The predicted octanol–water partition coefficient (Wildman–Crippen LogP) is 5.70. The number of hydrogen-bond donors (Lipinski definition) is 1. The van der Waals surface area contributed by atoms with E-state index in [4.69, 9.17) is 11.6 Å². The summed E-state index contributed by atoms with van der Waals surface area (Å²) in [4.78, 5) is 28.6. The van der Waals surface area contributed by atoms with Crippen LogP contribution in [0.3, 0.4) is 0 Å². The normalized spacial score (nSPS) is 12.5. The number of rotatable bonds is 10. The van der Waals surface area contributed by atoms with E-state index < -0.39 is 39.9 Å². The Kier molecular flexibility index (Phi) is 9.97. The van der Waals surface area contributed by atoms with Gasteiger partial charge in [0.2, 0.25) is 11.8 Å². The molecule has 0 aromatic heterocycles. The maximum absolute atomic E-state index is 15.0. The molecule has 1 N–H and O–H groups in total. The average molecular weight is 588 g/mol. The van der Waals surface area contributed by atoms with Crippen LogP contribution in [0.2, 0.25) is 5.02 Å². The lowest BCUT2D eigenvalue weighted by Gasteiger charge is -2.34. The number of benzene rings is 3. The third-order valence-corrected chi connectivity index (χ3v) is 8.19. The number of sulfonamides is 1. The van der Waals surface area contributed by atoms with Gasteiger partial charge in [-0.3, -0.25) is 13.9 Å². The van der Waals surface area contributed by atoms with Crippen molar-refractivity contribution in [3.8, 4) is 0 Å². The zero-order valence-corrected chi connectivity index (χ0v) is 24.9. The Labute approximate surface area is 241 Å². The number of nitrogens with zero attached hydrogens (tertiary/aromatic N) is 2. The summed E-state index contributed by atoms with van der Waals surface area (Å²) in [5.41, 5.74) is 0.707. The van der Waals surface area contributed by atoms with Crippen LogP contribution in [0.4, 0.5) is 10.1 Å². The minimum atomic E-state index is -4.35. The Morgan fingerprint density at radius 3 is 2.12 bits per heavy atom. The summed E-state index contributed by atoms with van der Waals surface area (Å²) in [6, 6.07) is 17.4. The van der Waals surface area contributed by atoms with Crippen LogP contribution >= 0.6 is 11.6 Å². The number of aryl methyl sites for hydroxylation is 1. The molecule has 0 bridgehead atoms. The summed E-state index contributed by atoms with van der Waals surface area (Å²) in [6.45, 7) is 8.38. The van der Waals surface area contributed by atoms with Crippen molar-refractivity contribution in [1.82, 2.24) is 10.2 Å². The number of anilines is 1. The SMILES string of the molecule is CC[C@H](C(=O)NC(C)(C)C)N(Cc1ccc(Cl)cc1)C(=O)CN(c1ccccc1F)S(=O)(=O)c1ccc(C)cc1. The molecule has 214 valence electrons. The smallest absolute Gasteiger partial charge is 0.264 e. The van der Waals surface area contributed by atoms with E-state index in [1.807, 2.05) is 27.7 Å². The number of carbonyl (C=O) groups excluding carboxylic acids is 2. The van der Waals surface area contributed by atoms with Crippen LogP contribution in [-0.2, 0) is 26.2 Å². The van der Waals surface area contributed by atoms with E-state index in [9.17, 15) is 18.0 Å². The summed E-state index contributed by atoms with van der Waals surface area (Å²) in [7, 11) is -4.35. The van der Waals surface area contributed by atoms with Crippen LogP contribution in [0.25, 0.3) is 0 Å². The van der Waals surface area contributed by atoms with Crippen molar-refractivity contribution in [2.75, 3.05) is 10.8 Å². The molecular weight excluding hydrogens is 553 g/mol. The van der Waals surface area contributed by atoms with Crippen LogP contribution in [-0.4, -0.2) is 43.3 Å². The van der Waals surface area contributed by atoms with Crippen LogP contribution < -0.4 is 9.62 Å². The van der Waals surface area contributed by atoms with Crippen molar-refractivity contribution in [1.29, 1.82) is 0 Å². The molecule has 0 unspecified atom stereocenters. The van der Waals surface area contributed by atoms with Gasteiger partial charge in [0.05, 0.1) is 10.6 Å². The molecule has 0 fully saturated rings. The lowest BCUT2D eigenvalue weighted by atomic mass is 10.1. The molecule has 0 aliphatic carbocycles. The maximum atomic E-state index is 15.0. The predicted molar refractivity (Wildman–Crippen MR) is 156 cm³/mol. The molecule has 0 saturated carbocycles. The fourth-order valence-corrected chi connectivity index (χ4v) is 5.71. The standard InChI is InChI=1S/C30H35ClFN3O4S/c1-6-26(29(37)33-30(3,4)5)34(19-22-13-15-23(31)16-14-22)28(36)20-35(27-10-8-7-9-25(27)32)40(38,39)24-17-11-21(2)12-18-24/h7-18,26H,6,19-20H2,1-5H3,(H,33,37)/t26-/m1/s1. The number of carbonyl (C=O) groups is 2. The Balaban J connectivity index is 2.08. The van der Waals surface area contributed by atoms with Crippen LogP contribution in [0.15, 0.2) is 77.7 Å². The third kappa shape index (κ3) is 7.82. The Hall–Kier alpha value is -3.43. The summed E-state index contributed by atoms with van der Waals surface area (Å²) in [5.74, 6) is -1.84. The van der Waals surface area contributed by atoms with Gasteiger partial charge in [0.25, 0.3) is 10.0 Å². The van der Waals surface area contributed by atoms with E-state index in [0.717, 1.165) is 15.9 Å². The van der Waals surface area contributed by atoms with Gasteiger partial charge in [-0.25, -0.2) is 12.8 Å². The van der Waals surface area contributed by atoms with E-state index >= 15 is 4.39 Å². The van der Waals surface area contributed by atoms with Crippen LogP contribution in [0.1, 0.15) is 45.2 Å². The highest BCUT2D eigenvalue weighted by Gasteiger charge is 2.35. The third-order valence-electron chi connectivity index (χ3n) is 6.16. The van der Waals surface area contributed by atoms with Gasteiger partial charge in [-0.2, -0.15) is 0 Å². The first kappa shape index (κ1) is 31.1. The van der Waals surface area contributed by atoms with E-state index in [2.05, 4.69) is 5.32 Å². The molecule has 0 aliphatic rings. The van der Waals surface area contributed by atoms with Gasteiger partial charge in [0.15, 0.2) is 0 Å². The van der Waals surface area contributed by atoms with Crippen LogP contribution in [0.5, 0.6) is 0 Å². The molecule has 7 nitrogen and oxygen atoms in total. The molecule has 0 saturated heterocycles. The number of amides is 2. The lowest BCUT2D eigenvalue weighted by molar-refractivity contribution is -0.141. The molecule has 1 atom stereocenters. The molecule has 0 radical (unpaired) electrons. The second-order valence-electron chi connectivity index (χ2n) is 10.6. The van der Waals surface area contributed by atoms with Gasteiger partial charge < -0.3 is 10.2 Å². The van der Waals surface area contributed by atoms with Gasteiger partial charge in [-0.1, -0.05) is 60.5 Å². The van der Waals surface area contributed by atoms with E-state index in [-0.39, 0.29) is 29.5 Å². The van der Waals surface area contributed by atoms with Crippen molar-refractivity contribution in [2.24, 2.45) is 0 Å². The molecule has 3 rings (SSSR count). The molecule has 10 heteroatoms. The largest absolute Gasteiger partial charge is 0.350 e. The van der Waals surface area contributed by atoms with Gasteiger partial charge in [-0.15, -0.1) is 0 Å². The highest BCUT2D eigenvalue weighted by atomic mass is 35.5. The fraction of sp³-hybridized carbons (Fsp3) is 0.333. The van der Waals surface area contributed by atoms with Gasteiger partial charge >= 0.3 is 0 Å². The number of nitrogens with one attached hydrogen (secondary N) is 1. The Morgan fingerprint density at radius 2 is 1.57 bits per heavy atom. The number of hydrogen-bond acceptors (Lipinski definition) is 4. The minimum absolute atomic E-state index is 0.0156. The van der Waals surface area contributed by atoms with Gasteiger partial charge in [0.1, 0.15) is 18.4 Å². The second kappa shape index (κ2) is 12.8. The second-order valence-corrected chi connectivity index (χ2v) is 12.9. The monoisotopic (exact) mass is 587 g/mol. The van der Waals surface area contributed by atoms with Gasteiger partial charge in [-0.05, 0) is 76.1 Å². The van der Waals surface area contributed by atoms with Crippen LogP contribution in [0, 0.1) is 12.7 Å². The summed E-state index contributed by atoms with van der Waals surface area (Å²) >= 11 is 6.04. The zero-order chi connectivity index (χ0) is 29.7. The Morgan fingerprint density at radius 1 is 0.975 bits per heavy atom. The molecular formula is C30H35ClFN3O4S. The van der Waals surface area contributed by atoms with Gasteiger partial charge in [0, 0.05) is 17.1 Å². The highest BCUT2D eigenvalue weighted by Crippen LogP contribution is 2.27.